The summed E-state index contributed by atoms with van der Waals surface area (Å²) in [7, 11) is 0. The van der Waals surface area contributed by atoms with Crippen LogP contribution in [0.3, 0.4) is 0 Å². The molecule has 5 heteroatoms. The maximum absolute atomic E-state index is 6.06. The molecule has 0 aliphatic rings. The predicted molar refractivity (Wildman–Crippen MR) is 85.8 cm³/mol. The second-order valence-corrected chi connectivity index (χ2v) is 5.77. The minimum atomic E-state index is 0.461. The van der Waals surface area contributed by atoms with Crippen LogP contribution in [0, 0.1) is 6.92 Å². The van der Waals surface area contributed by atoms with Gasteiger partial charge in [0.25, 0.3) is 5.89 Å². The number of hydrogen-bond donors (Lipinski definition) is 1. The van der Waals surface area contributed by atoms with Crippen molar-refractivity contribution >= 4 is 21.6 Å². The third kappa shape index (κ3) is 2.97. The molecule has 4 nitrogen and oxygen atoms in total. The van der Waals surface area contributed by atoms with Crippen LogP contribution in [0.4, 0.5) is 5.69 Å². The van der Waals surface area contributed by atoms with Crippen molar-refractivity contribution in [1.82, 2.24) is 10.1 Å². The van der Waals surface area contributed by atoms with Crippen LogP contribution in [0.1, 0.15) is 17.0 Å². The Bertz CT molecular complexity index is 765. The van der Waals surface area contributed by atoms with E-state index < -0.39 is 0 Å². The van der Waals surface area contributed by atoms with Crippen LogP contribution >= 0.6 is 15.9 Å². The molecule has 0 unspecified atom stereocenters. The first-order chi connectivity index (χ1) is 10.1. The molecule has 0 saturated heterocycles. The average Bonchev–Trinajstić information content (AvgIpc) is 2.93. The largest absolute Gasteiger partial charge is 0.398 e. The van der Waals surface area contributed by atoms with Crippen molar-refractivity contribution in [2.24, 2.45) is 0 Å². The van der Waals surface area contributed by atoms with Crippen molar-refractivity contribution in [2.45, 2.75) is 13.3 Å². The van der Waals surface area contributed by atoms with Crippen molar-refractivity contribution in [3.8, 4) is 11.5 Å². The van der Waals surface area contributed by atoms with Crippen LogP contribution < -0.4 is 5.73 Å². The highest BCUT2D eigenvalue weighted by Crippen LogP contribution is 2.27. The van der Waals surface area contributed by atoms with Crippen LogP contribution in [0.25, 0.3) is 11.5 Å². The van der Waals surface area contributed by atoms with Crippen molar-refractivity contribution in [3.63, 3.8) is 0 Å². The fraction of sp³-hybridized carbons (Fsp3) is 0.125. The molecule has 0 aliphatic carbocycles. The summed E-state index contributed by atoms with van der Waals surface area (Å²) in [4.78, 5) is 4.43. The van der Waals surface area contributed by atoms with Crippen molar-refractivity contribution < 1.29 is 4.52 Å². The summed E-state index contributed by atoms with van der Waals surface area (Å²) in [6.07, 6.45) is 0.627. The molecule has 21 heavy (non-hydrogen) atoms. The Morgan fingerprint density at radius 2 is 1.90 bits per heavy atom. The molecule has 2 aromatic carbocycles. The summed E-state index contributed by atoms with van der Waals surface area (Å²) in [5, 5.41) is 4.03. The highest BCUT2D eigenvalue weighted by atomic mass is 79.9. The zero-order valence-electron chi connectivity index (χ0n) is 11.5. The summed E-state index contributed by atoms with van der Waals surface area (Å²) >= 11 is 3.42. The molecule has 3 rings (SSSR count). The second-order valence-electron chi connectivity index (χ2n) is 4.86. The van der Waals surface area contributed by atoms with E-state index in [9.17, 15) is 0 Å². The maximum atomic E-state index is 6.06. The van der Waals surface area contributed by atoms with Crippen molar-refractivity contribution in [3.05, 3.63) is 63.9 Å². The van der Waals surface area contributed by atoms with Gasteiger partial charge in [0.15, 0.2) is 5.82 Å². The molecule has 3 aromatic rings. The fourth-order valence-corrected chi connectivity index (χ4v) is 2.35. The SMILES string of the molecule is Cc1cccc(-c2nc(Cc3ccc(Br)cc3)no2)c1N. The van der Waals surface area contributed by atoms with E-state index in [-0.39, 0.29) is 0 Å². The van der Waals surface area contributed by atoms with Crippen LogP contribution in [0.2, 0.25) is 0 Å². The Hall–Kier alpha value is -2.14. The van der Waals surface area contributed by atoms with E-state index >= 15 is 0 Å². The van der Waals surface area contributed by atoms with E-state index in [1.807, 2.05) is 49.4 Å². The first-order valence-electron chi connectivity index (χ1n) is 6.56. The van der Waals surface area contributed by atoms with Crippen LogP contribution in [0.15, 0.2) is 51.5 Å². The monoisotopic (exact) mass is 343 g/mol. The quantitative estimate of drug-likeness (QED) is 0.730. The first-order valence-corrected chi connectivity index (χ1v) is 7.35. The van der Waals surface area contributed by atoms with E-state index in [1.165, 1.54) is 0 Å². The van der Waals surface area contributed by atoms with Gasteiger partial charge in [0.1, 0.15) is 0 Å². The van der Waals surface area contributed by atoms with Crippen LogP contribution in [0.5, 0.6) is 0 Å². The lowest BCUT2D eigenvalue weighted by Crippen LogP contribution is -1.94. The van der Waals surface area contributed by atoms with E-state index in [0.717, 1.165) is 21.2 Å². The number of anilines is 1. The zero-order chi connectivity index (χ0) is 14.8. The molecule has 0 spiro atoms. The average molecular weight is 344 g/mol. The summed E-state index contributed by atoms with van der Waals surface area (Å²) in [6, 6.07) is 13.8. The summed E-state index contributed by atoms with van der Waals surface area (Å²) in [6.45, 7) is 1.96. The predicted octanol–water partition coefficient (Wildman–Crippen LogP) is 3.98. The van der Waals surface area contributed by atoms with Gasteiger partial charge in [-0.05, 0) is 36.2 Å². The van der Waals surface area contributed by atoms with E-state index in [2.05, 4.69) is 26.1 Å². The Morgan fingerprint density at radius 1 is 1.14 bits per heavy atom. The number of aryl methyl sites for hydroxylation is 1. The minimum Gasteiger partial charge on any atom is -0.398 e. The van der Waals surface area contributed by atoms with E-state index in [1.54, 1.807) is 0 Å². The Balaban J connectivity index is 1.86. The smallest absolute Gasteiger partial charge is 0.260 e. The lowest BCUT2D eigenvalue weighted by atomic mass is 10.1. The maximum Gasteiger partial charge on any atom is 0.260 e. The highest BCUT2D eigenvalue weighted by molar-refractivity contribution is 9.10. The third-order valence-electron chi connectivity index (χ3n) is 3.30. The topological polar surface area (TPSA) is 64.9 Å². The van der Waals surface area contributed by atoms with Crippen molar-refractivity contribution in [2.75, 3.05) is 5.73 Å². The number of para-hydroxylation sites is 1. The van der Waals surface area contributed by atoms with Gasteiger partial charge < -0.3 is 10.3 Å². The number of nitrogen functional groups attached to an aromatic ring is 1. The summed E-state index contributed by atoms with van der Waals surface area (Å²) < 4.78 is 6.38. The first kappa shape index (κ1) is 13.8. The number of nitrogens with two attached hydrogens (primary N) is 1. The number of rotatable bonds is 3. The van der Waals surface area contributed by atoms with Gasteiger partial charge in [-0.15, -0.1) is 0 Å². The molecule has 0 radical (unpaired) electrons. The van der Waals surface area contributed by atoms with Crippen LogP contribution in [-0.4, -0.2) is 10.1 Å². The van der Waals surface area contributed by atoms with Gasteiger partial charge in [0.2, 0.25) is 0 Å². The molecular formula is C16H14BrN3O. The lowest BCUT2D eigenvalue weighted by Gasteiger charge is -2.03. The van der Waals surface area contributed by atoms with Crippen LogP contribution in [-0.2, 0) is 6.42 Å². The molecule has 0 bridgehead atoms. The molecule has 0 fully saturated rings. The summed E-state index contributed by atoms with van der Waals surface area (Å²) in [5.41, 5.74) is 9.65. The zero-order valence-corrected chi connectivity index (χ0v) is 13.1. The molecule has 1 aromatic heterocycles. The number of nitrogens with zero attached hydrogens (tertiary/aromatic N) is 2. The normalized spacial score (nSPS) is 10.8. The molecule has 1 heterocycles. The number of aromatic nitrogens is 2. The van der Waals surface area contributed by atoms with Gasteiger partial charge >= 0.3 is 0 Å². The van der Waals surface area contributed by atoms with Gasteiger partial charge in [-0.3, -0.25) is 0 Å². The number of halogens is 1. The molecule has 106 valence electrons. The molecule has 0 amide bonds. The van der Waals surface area contributed by atoms with Crippen molar-refractivity contribution in [1.29, 1.82) is 0 Å². The van der Waals surface area contributed by atoms with Gasteiger partial charge in [0, 0.05) is 16.6 Å². The van der Waals surface area contributed by atoms with Gasteiger partial charge in [-0.25, -0.2) is 0 Å². The standard InChI is InChI=1S/C16H14BrN3O/c1-10-3-2-4-13(15(10)18)16-19-14(20-21-16)9-11-5-7-12(17)8-6-11/h2-8H,9,18H2,1H3. The molecular weight excluding hydrogens is 330 g/mol. The second kappa shape index (κ2) is 5.69. The fourth-order valence-electron chi connectivity index (χ4n) is 2.09. The third-order valence-corrected chi connectivity index (χ3v) is 3.83. The Labute approximate surface area is 131 Å². The van der Waals surface area contributed by atoms with E-state index in [4.69, 9.17) is 10.3 Å². The molecule has 0 saturated carbocycles. The molecule has 0 atom stereocenters. The molecule has 2 N–H and O–H groups in total. The highest BCUT2D eigenvalue weighted by Gasteiger charge is 2.13. The molecule has 0 aliphatic heterocycles. The lowest BCUT2D eigenvalue weighted by molar-refractivity contribution is 0.424. The number of benzene rings is 2. The Morgan fingerprint density at radius 3 is 2.67 bits per heavy atom. The van der Waals surface area contributed by atoms with Gasteiger partial charge in [-0.1, -0.05) is 45.4 Å². The Kier molecular flexibility index (Phi) is 3.75. The minimum absolute atomic E-state index is 0.461. The number of hydrogen-bond acceptors (Lipinski definition) is 4. The summed E-state index contributed by atoms with van der Waals surface area (Å²) in [5.74, 6) is 1.11. The van der Waals surface area contributed by atoms with E-state index in [0.29, 0.717) is 23.8 Å². The van der Waals surface area contributed by atoms with Gasteiger partial charge in [0.05, 0.1) is 5.56 Å². The van der Waals surface area contributed by atoms with Gasteiger partial charge in [-0.2, -0.15) is 4.98 Å².